The fraction of sp³-hybridized carbons (Fsp3) is 0.333. The molecule has 0 saturated carbocycles. The lowest BCUT2D eigenvalue weighted by atomic mass is 10.1. The van der Waals surface area contributed by atoms with Gasteiger partial charge in [0.15, 0.2) is 0 Å². The van der Waals surface area contributed by atoms with Gasteiger partial charge in [0.1, 0.15) is 0 Å². The third kappa shape index (κ3) is 3.65. The maximum Gasteiger partial charge on any atom is 0.253 e. The first kappa shape index (κ1) is 13.8. The maximum atomic E-state index is 12.0. The van der Waals surface area contributed by atoms with E-state index in [0.717, 1.165) is 5.69 Å². The second-order valence-corrected chi connectivity index (χ2v) is 4.14. The Labute approximate surface area is 106 Å². The first-order valence-corrected chi connectivity index (χ1v) is 5.55. The number of amides is 2. The zero-order valence-electron chi connectivity index (χ0n) is 10.6. The van der Waals surface area contributed by atoms with E-state index in [-0.39, 0.29) is 18.9 Å². The second-order valence-electron chi connectivity index (χ2n) is 4.14. The number of nitrogens with zero attached hydrogens (tertiary/aromatic N) is 1. The molecule has 0 aromatic heterocycles. The molecule has 0 aliphatic rings. The van der Waals surface area contributed by atoms with Gasteiger partial charge in [0, 0.05) is 38.4 Å². The summed E-state index contributed by atoms with van der Waals surface area (Å²) in [5, 5.41) is 2.63. The SMILES string of the molecule is CN(C)c1ccc(N)cc1C(=O)NCCC(N)=O. The maximum absolute atomic E-state index is 12.0. The number of carbonyl (C=O) groups is 2. The van der Waals surface area contributed by atoms with Gasteiger partial charge in [0.25, 0.3) is 5.91 Å². The summed E-state index contributed by atoms with van der Waals surface area (Å²) < 4.78 is 0. The van der Waals surface area contributed by atoms with E-state index >= 15 is 0 Å². The van der Waals surface area contributed by atoms with Gasteiger partial charge >= 0.3 is 0 Å². The fourth-order valence-corrected chi connectivity index (χ4v) is 1.52. The number of benzene rings is 1. The van der Waals surface area contributed by atoms with E-state index in [1.807, 2.05) is 19.0 Å². The van der Waals surface area contributed by atoms with Gasteiger partial charge in [-0.2, -0.15) is 0 Å². The quantitative estimate of drug-likeness (QED) is 0.637. The van der Waals surface area contributed by atoms with E-state index in [1.54, 1.807) is 18.2 Å². The summed E-state index contributed by atoms with van der Waals surface area (Å²) in [6.07, 6.45) is 0.116. The summed E-state index contributed by atoms with van der Waals surface area (Å²) in [5.74, 6) is -0.719. The first-order valence-electron chi connectivity index (χ1n) is 5.55. The molecule has 5 N–H and O–H groups in total. The topological polar surface area (TPSA) is 101 Å². The van der Waals surface area contributed by atoms with Crippen molar-refractivity contribution in [3.63, 3.8) is 0 Å². The zero-order chi connectivity index (χ0) is 13.7. The Hall–Kier alpha value is -2.24. The number of nitrogens with two attached hydrogens (primary N) is 2. The second kappa shape index (κ2) is 5.90. The molecule has 1 aromatic rings. The number of nitrogens with one attached hydrogen (secondary N) is 1. The lowest BCUT2D eigenvalue weighted by Gasteiger charge is -2.17. The van der Waals surface area contributed by atoms with Crippen molar-refractivity contribution in [1.29, 1.82) is 0 Å². The number of rotatable bonds is 5. The van der Waals surface area contributed by atoms with E-state index < -0.39 is 5.91 Å². The van der Waals surface area contributed by atoms with Crippen molar-refractivity contribution in [3.05, 3.63) is 23.8 Å². The van der Waals surface area contributed by atoms with Crippen molar-refractivity contribution in [2.24, 2.45) is 5.73 Å². The van der Waals surface area contributed by atoms with Gasteiger partial charge in [0.2, 0.25) is 5.91 Å². The average Bonchev–Trinajstić information content (AvgIpc) is 2.27. The van der Waals surface area contributed by atoms with Crippen molar-refractivity contribution in [3.8, 4) is 0 Å². The van der Waals surface area contributed by atoms with Crippen LogP contribution in [0.25, 0.3) is 0 Å². The Morgan fingerprint density at radius 3 is 2.56 bits per heavy atom. The monoisotopic (exact) mass is 250 g/mol. The molecule has 1 rings (SSSR count). The van der Waals surface area contributed by atoms with Crippen molar-refractivity contribution in [2.75, 3.05) is 31.3 Å². The van der Waals surface area contributed by atoms with Gasteiger partial charge in [-0.25, -0.2) is 0 Å². The fourth-order valence-electron chi connectivity index (χ4n) is 1.52. The molecule has 98 valence electrons. The molecule has 0 saturated heterocycles. The van der Waals surface area contributed by atoms with E-state index in [4.69, 9.17) is 11.5 Å². The molecule has 0 aliphatic heterocycles. The predicted molar refractivity (Wildman–Crippen MR) is 71.3 cm³/mol. The molecule has 18 heavy (non-hydrogen) atoms. The highest BCUT2D eigenvalue weighted by Gasteiger charge is 2.13. The van der Waals surface area contributed by atoms with Crippen LogP contribution in [0.15, 0.2) is 18.2 Å². The Morgan fingerprint density at radius 2 is 2.00 bits per heavy atom. The number of hydrogen-bond acceptors (Lipinski definition) is 4. The van der Waals surface area contributed by atoms with Crippen LogP contribution in [0.1, 0.15) is 16.8 Å². The molecule has 0 fully saturated rings. The molecule has 0 spiro atoms. The zero-order valence-corrected chi connectivity index (χ0v) is 10.6. The van der Waals surface area contributed by atoms with Crippen LogP contribution in [-0.4, -0.2) is 32.5 Å². The standard InChI is InChI=1S/C12H18N4O2/c1-16(2)10-4-3-8(13)7-9(10)12(18)15-6-5-11(14)17/h3-4,7H,5-6,13H2,1-2H3,(H2,14,17)(H,15,18). The molecular weight excluding hydrogens is 232 g/mol. The van der Waals surface area contributed by atoms with Crippen LogP contribution >= 0.6 is 0 Å². The van der Waals surface area contributed by atoms with E-state index in [0.29, 0.717) is 11.3 Å². The van der Waals surface area contributed by atoms with Crippen molar-refractivity contribution < 1.29 is 9.59 Å². The lowest BCUT2D eigenvalue weighted by Crippen LogP contribution is -2.29. The van der Waals surface area contributed by atoms with Crippen LogP contribution in [0.5, 0.6) is 0 Å². The van der Waals surface area contributed by atoms with Gasteiger partial charge in [-0.1, -0.05) is 0 Å². The highest BCUT2D eigenvalue weighted by Crippen LogP contribution is 2.21. The molecule has 1 aromatic carbocycles. The molecule has 0 aliphatic carbocycles. The Kier molecular flexibility index (Phi) is 4.53. The molecule has 0 atom stereocenters. The average molecular weight is 250 g/mol. The number of anilines is 2. The Bertz CT molecular complexity index is 457. The predicted octanol–water partition coefficient (Wildman–Crippen LogP) is -0.0600. The summed E-state index contributed by atoms with van der Waals surface area (Å²) in [4.78, 5) is 24.4. The summed E-state index contributed by atoms with van der Waals surface area (Å²) in [7, 11) is 3.68. The Balaban J connectivity index is 2.83. The summed E-state index contributed by atoms with van der Waals surface area (Å²) in [6, 6.07) is 5.11. The molecule has 0 bridgehead atoms. The molecular formula is C12H18N4O2. The minimum Gasteiger partial charge on any atom is -0.399 e. The van der Waals surface area contributed by atoms with Gasteiger partial charge in [-0.15, -0.1) is 0 Å². The number of carbonyl (C=O) groups excluding carboxylic acids is 2. The number of nitrogen functional groups attached to an aromatic ring is 1. The number of hydrogen-bond donors (Lipinski definition) is 3. The molecule has 2 amide bonds. The van der Waals surface area contributed by atoms with Crippen LogP contribution in [0, 0.1) is 0 Å². The van der Waals surface area contributed by atoms with Gasteiger partial charge in [-0.05, 0) is 18.2 Å². The number of primary amides is 1. The van der Waals surface area contributed by atoms with E-state index in [9.17, 15) is 9.59 Å². The first-order chi connectivity index (χ1) is 8.41. The smallest absolute Gasteiger partial charge is 0.253 e. The third-order valence-corrected chi connectivity index (χ3v) is 2.40. The molecule has 6 heteroatoms. The molecule has 0 radical (unpaired) electrons. The van der Waals surface area contributed by atoms with Gasteiger partial charge in [0.05, 0.1) is 5.56 Å². The van der Waals surface area contributed by atoms with Crippen LogP contribution in [0.4, 0.5) is 11.4 Å². The highest BCUT2D eigenvalue weighted by atomic mass is 16.2. The highest BCUT2D eigenvalue weighted by molar-refractivity contribution is 6.00. The minimum atomic E-state index is -0.448. The normalized spacial score (nSPS) is 9.89. The van der Waals surface area contributed by atoms with Gasteiger partial charge in [-0.3, -0.25) is 9.59 Å². The van der Waals surface area contributed by atoms with Gasteiger partial charge < -0.3 is 21.7 Å². The minimum absolute atomic E-state index is 0.116. The Morgan fingerprint density at radius 1 is 1.33 bits per heavy atom. The summed E-state index contributed by atoms with van der Waals surface area (Å²) >= 11 is 0. The molecule has 0 heterocycles. The lowest BCUT2D eigenvalue weighted by molar-refractivity contribution is -0.117. The van der Waals surface area contributed by atoms with Crippen LogP contribution in [0.2, 0.25) is 0 Å². The molecule has 0 unspecified atom stereocenters. The largest absolute Gasteiger partial charge is 0.399 e. The molecule has 6 nitrogen and oxygen atoms in total. The van der Waals surface area contributed by atoms with Crippen molar-refractivity contribution >= 4 is 23.2 Å². The van der Waals surface area contributed by atoms with E-state index in [1.165, 1.54) is 0 Å². The summed E-state index contributed by atoms with van der Waals surface area (Å²) in [5.41, 5.74) is 12.4. The third-order valence-electron chi connectivity index (χ3n) is 2.40. The van der Waals surface area contributed by atoms with Crippen LogP contribution in [0.3, 0.4) is 0 Å². The van der Waals surface area contributed by atoms with Crippen molar-refractivity contribution in [1.82, 2.24) is 5.32 Å². The van der Waals surface area contributed by atoms with Crippen LogP contribution in [-0.2, 0) is 4.79 Å². The van der Waals surface area contributed by atoms with Crippen LogP contribution < -0.4 is 21.7 Å². The van der Waals surface area contributed by atoms with E-state index in [2.05, 4.69) is 5.32 Å². The summed E-state index contributed by atoms with van der Waals surface area (Å²) in [6.45, 7) is 0.218. The van der Waals surface area contributed by atoms with Crippen molar-refractivity contribution in [2.45, 2.75) is 6.42 Å².